The monoisotopic (exact) mass is 225 g/mol. The molecule has 0 atom stereocenters. The normalized spacial score (nSPS) is 9.87. The zero-order chi connectivity index (χ0) is 11.6. The third-order valence-electron chi connectivity index (χ3n) is 2.03. The Morgan fingerprint density at radius 1 is 1.27 bits per heavy atom. The van der Waals surface area contributed by atoms with Crippen molar-refractivity contribution < 1.29 is 0 Å². The van der Waals surface area contributed by atoms with Crippen LogP contribution in [-0.4, -0.2) is 34.2 Å². The number of thiocarbonyl (C=S) groups is 1. The van der Waals surface area contributed by atoms with E-state index in [1.165, 1.54) is 0 Å². The maximum atomic E-state index is 5.51. The van der Waals surface area contributed by atoms with Gasteiger partial charge in [0, 0.05) is 25.5 Å². The summed E-state index contributed by atoms with van der Waals surface area (Å²) in [5.41, 5.74) is 7.35. The van der Waals surface area contributed by atoms with E-state index in [0.717, 1.165) is 11.4 Å². The summed E-state index contributed by atoms with van der Waals surface area (Å²) in [6.45, 7) is 3.85. The highest BCUT2D eigenvalue weighted by atomic mass is 32.1. The largest absolute Gasteiger partial charge is 0.375 e. The third kappa shape index (κ3) is 2.76. The number of anilines is 1. The molecule has 15 heavy (non-hydrogen) atoms. The number of nitrogens with two attached hydrogens (primary N) is 1. The van der Waals surface area contributed by atoms with Gasteiger partial charge in [-0.3, -0.25) is 10.0 Å². The summed E-state index contributed by atoms with van der Waals surface area (Å²) in [7, 11) is 3.58. The fourth-order valence-electron chi connectivity index (χ4n) is 1.13. The molecule has 0 bridgehead atoms. The fourth-order valence-corrected chi connectivity index (χ4v) is 1.26. The summed E-state index contributed by atoms with van der Waals surface area (Å²) >= 11 is 4.87. The van der Waals surface area contributed by atoms with E-state index in [4.69, 9.17) is 18.0 Å². The lowest BCUT2D eigenvalue weighted by Crippen LogP contribution is -2.45. The number of hydrogen-bond acceptors (Lipinski definition) is 4. The minimum atomic E-state index is 0.278. The van der Waals surface area contributed by atoms with Crippen molar-refractivity contribution in [2.45, 2.75) is 13.8 Å². The zero-order valence-corrected chi connectivity index (χ0v) is 10.2. The first-order valence-corrected chi connectivity index (χ1v) is 4.91. The van der Waals surface area contributed by atoms with Crippen molar-refractivity contribution in [2.24, 2.45) is 5.73 Å². The summed E-state index contributed by atoms with van der Waals surface area (Å²) in [6.07, 6.45) is 0. The van der Waals surface area contributed by atoms with Crippen LogP contribution in [0.25, 0.3) is 0 Å². The molecule has 0 saturated heterocycles. The molecule has 0 aromatic carbocycles. The van der Waals surface area contributed by atoms with Gasteiger partial charge in [-0.1, -0.05) is 0 Å². The van der Waals surface area contributed by atoms with Crippen LogP contribution in [0.15, 0.2) is 6.07 Å². The Labute approximate surface area is 94.9 Å². The molecule has 0 aliphatic heterocycles. The summed E-state index contributed by atoms with van der Waals surface area (Å²) in [4.78, 5) is 8.59. The van der Waals surface area contributed by atoms with Crippen LogP contribution in [-0.2, 0) is 0 Å². The second kappa shape index (κ2) is 4.39. The van der Waals surface area contributed by atoms with Crippen LogP contribution in [0.2, 0.25) is 0 Å². The molecule has 0 amide bonds. The number of nitrogens with zero attached hydrogens (tertiary/aromatic N) is 4. The predicted octanol–water partition coefficient (Wildman–Crippen LogP) is 0.620. The number of aryl methyl sites for hydroxylation is 2. The van der Waals surface area contributed by atoms with E-state index in [-0.39, 0.29) is 5.11 Å². The molecule has 0 unspecified atom stereocenters. The molecule has 2 N–H and O–H groups in total. The molecule has 1 rings (SSSR count). The van der Waals surface area contributed by atoms with Crippen molar-refractivity contribution in [2.75, 3.05) is 19.1 Å². The van der Waals surface area contributed by atoms with Gasteiger partial charge >= 0.3 is 0 Å². The van der Waals surface area contributed by atoms with Gasteiger partial charge in [-0.25, -0.2) is 9.97 Å². The van der Waals surface area contributed by atoms with Crippen LogP contribution < -0.4 is 10.7 Å². The SMILES string of the molecule is Cc1cc(C)nc(N(C)N(C)C(N)=S)n1. The summed E-state index contributed by atoms with van der Waals surface area (Å²) in [5.74, 6) is 0.586. The molecule has 5 nitrogen and oxygen atoms in total. The molecule has 0 saturated carbocycles. The first kappa shape index (κ1) is 11.6. The van der Waals surface area contributed by atoms with Crippen molar-refractivity contribution in [3.05, 3.63) is 17.5 Å². The van der Waals surface area contributed by atoms with Crippen LogP contribution in [0.3, 0.4) is 0 Å². The number of rotatable bonds is 2. The van der Waals surface area contributed by atoms with Gasteiger partial charge < -0.3 is 5.73 Å². The Kier molecular flexibility index (Phi) is 3.41. The van der Waals surface area contributed by atoms with Crippen LogP contribution in [0.1, 0.15) is 11.4 Å². The van der Waals surface area contributed by atoms with Crippen molar-refractivity contribution in [3.63, 3.8) is 0 Å². The van der Waals surface area contributed by atoms with Crippen molar-refractivity contribution in [1.29, 1.82) is 0 Å². The summed E-state index contributed by atoms with van der Waals surface area (Å²) < 4.78 is 0. The maximum Gasteiger partial charge on any atom is 0.244 e. The van der Waals surface area contributed by atoms with Gasteiger partial charge in [-0.05, 0) is 32.1 Å². The molecular formula is C9H15N5S. The van der Waals surface area contributed by atoms with Crippen LogP contribution >= 0.6 is 12.2 Å². The summed E-state index contributed by atoms with van der Waals surface area (Å²) in [5, 5.41) is 3.60. The average molecular weight is 225 g/mol. The first-order chi connectivity index (χ1) is 6.91. The number of aromatic nitrogens is 2. The van der Waals surface area contributed by atoms with E-state index in [0.29, 0.717) is 5.95 Å². The number of hydrogen-bond donors (Lipinski definition) is 1. The van der Waals surface area contributed by atoms with Crippen molar-refractivity contribution in [3.8, 4) is 0 Å². The molecule has 0 aliphatic carbocycles. The average Bonchev–Trinajstić information content (AvgIpc) is 2.13. The van der Waals surface area contributed by atoms with Gasteiger partial charge in [0.15, 0.2) is 5.11 Å². The predicted molar refractivity (Wildman–Crippen MR) is 64.5 cm³/mol. The Morgan fingerprint density at radius 3 is 2.13 bits per heavy atom. The standard InChI is InChI=1S/C9H15N5S/c1-6-5-7(2)12-9(11-6)14(4)13(3)8(10)15/h5H,1-4H3,(H2,10,15). The topological polar surface area (TPSA) is 58.3 Å². The van der Waals surface area contributed by atoms with E-state index in [9.17, 15) is 0 Å². The molecule has 1 heterocycles. The van der Waals surface area contributed by atoms with Gasteiger partial charge in [0.25, 0.3) is 0 Å². The van der Waals surface area contributed by atoms with E-state index in [1.807, 2.05) is 27.0 Å². The van der Waals surface area contributed by atoms with E-state index >= 15 is 0 Å². The van der Waals surface area contributed by atoms with Gasteiger partial charge in [0.2, 0.25) is 5.95 Å². The smallest absolute Gasteiger partial charge is 0.244 e. The lowest BCUT2D eigenvalue weighted by Gasteiger charge is -2.28. The molecule has 1 aromatic heterocycles. The minimum absolute atomic E-state index is 0.278. The highest BCUT2D eigenvalue weighted by Gasteiger charge is 2.11. The lowest BCUT2D eigenvalue weighted by molar-refractivity contribution is 0.483. The van der Waals surface area contributed by atoms with E-state index < -0.39 is 0 Å². The van der Waals surface area contributed by atoms with Crippen LogP contribution in [0.5, 0.6) is 0 Å². The van der Waals surface area contributed by atoms with Crippen LogP contribution in [0.4, 0.5) is 5.95 Å². The molecular weight excluding hydrogens is 210 g/mol. The van der Waals surface area contributed by atoms with Crippen LogP contribution in [0, 0.1) is 13.8 Å². The lowest BCUT2D eigenvalue weighted by atomic mass is 10.4. The Hall–Kier alpha value is -1.43. The highest BCUT2D eigenvalue weighted by molar-refractivity contribution is 7.80. The molecule has 0 spiro atoms. The highest BCUT2D eigenvalue weighted by Crippen LogP contribution is 2.09. The summed E-state index contributed by atoms with van der Waals surface area (Å²) in [6, 6.07) is 1.91. The first-order valence-electron chi connectivity index (χ1n) is 4.51. The Bertz CT molecular complexity index is 359. The second-order valence-corrected chi connectivity index (χ2v) is 3.75. The zero-order valence-electron chi connectivity index (χ0n) is 9.35. The van der Waals surface area contributed by atoms with E-state index in [2.05, 4.69) is 9.97 Å². The van der Waals surface area contributed by atoms with Crippen molar-refractivity contribution >= 4 is 23.3 Å². The fraction of sp³-hybridized carbons (Fsp3) is 0.444. The maximum absolute atomic E-state index is 5.51. The molecule has 6 heteroatoms. The van der Waals surface area contributed by atoms with Gasteiger partial charge in [-0.2, -0.15) is 0 Å². The Balaban J connectivity index is 3.00. The minimum Gasteiger partial charge on any atom is -0.375 e. The van der Waals surface area contributed by atoms with Gasteiger partial charge in [0.05, 0.1) is 0 Å². The second-order valence-electron chi connectivity index (χ2n) is 3.34. The quantitative estimate of drug-likeness (QED) is 0.588. The molecule has 0 fully saturated rings. The van der Waals surface area contributed by atoms with Gasteiger partial charge in [-0.15, -0.1) is 0 Å². The molecule has 82 valence electrons. The molecule has 1 aromatic rings. The number of hydrazine groups is 1. The van der Waals surface area contributed by atoms with Gasteiger partial charge in [0.1, 0.15) is 0 Å². The van der Waals surface area contributed by atoms with Crippen molar-refractivity contribution in [1.82, 2.24) is 15.0 Å². The third-order valence-corrected chi connectivity index (χ3v) is 2.29. The molecule has 0 radical (unpaired) electrons. The molecule has 0 aliphatic rings. The Morgan fingerprint density at radius 2 is 1.73 bits per heavy atom. The van der Waals surface area contributed by atoms with E-state index in [1.54, 1.807) is 17.1 Å².